The van der Waals surface area contributed by atoms with Crippen LogP contribution in [0.25, 0.3) is 0 Å². The average Bonchev–Trinajstić information content (AvgIpc) is 3.29. The van der Waals surface area contributed by atoms with E-state index in [-0.39, 0.29) is 16.9 Å². The Hall–Kier alpha value is -3.92. The molecule has 2 aliphatic rings. The van der Waals surface area contributed by atoms with Crippen molar-refractivity contribution in [1.29, 1.82) is 0 Å². The molecule has 2 aliphatic heterocycles. The largest absolute Gasteiger partial charge is 0.280 e. The minimum atomic E-state index is -0.0934. The zero-order valence-corrected chi connectivity index (χ0v) is 22.7. The van der Waals surface area contributed by atoms with Crippen LogP contribution in [0.15, 0.2) is 125 Å². The third-order valence-corrected chi connectivity index (χ3v) is 6.70. The Morgan fingerprint density at radius 3 is 1.73 bits per heavy atom. The lowest BCUT2D eigenvalue weighted by Crippen LogP contribution is -2.38. The van der Waals surface area contributed by atoms with E-state index in [1.165, 1.54) is 0 Å². The first-order valence-electron chi connectivity index (χ1n) is 13.0. The summed E-state index contributed by atoms with van der Waals surface area (Å²) in [5, 5.41) is 7.35. The molecule has 0 saturated heterocycles. The van der Waals surface area contributed by atoms with Crippen molar-refractivity contribution in [3.05, 3.63) is 120 Å². The molecule has 0 amide bonds. The van der Waals surface area contributed by atoms with Crippen molar-refractivity contribution in [3.63, 3.8) is 0 Å². The number of hydrazone groups is 1. The number of amidine groups is 1. The van der Waals surface area contributed by atoms with Gasteiger partial charge in [-0.25, -0.2) is 5.01 Å². The molecule has 0 radical (unpaired) electrons. The quantitative estimate of drug-likeness (QED) is 0.373. The van der Waals surface area contributed by atoms with E-state index in [0.717, 1.165) is 39.9 Å². The number of benzene rings is 3. The highest BCUT2D eigenvalue weighted by atomic mass is 15.6. The van der Waals surface area contributed by atoms with Crippen molar-refractivity contribution in [2.45, 2.75) is 47.6 Å². The zero-order chi connectivity index (χ0) is 26.2. The Balaban J connectivity index is 1.80. The summed E-state index contributed by atoms with van der Waals surface area (Å²) in [5.41, 5.74) is 5.30. The van der Waals surface area contributed by atoms with Crippen LogP contribution in [0.4, 0.5) is 11.4 Å². The van der Waals surface area contributed by atoms with Crippen LogP contribution in [-0.4, -0.2) is 17.6 Å². The SMILES string of the molecule is CC(C)(C)C1=NC(C(C)(C)C)C(=C2N(c3ccccc3)N=C(c3ccccc3)N2c2ccccc2)C=C1. The van der Waals surface area contributed by atoms with E-state index in [9.17, 15) is 0 Å². The van der Waals surface area contributed by atoms with Crippen molar-refractivity contribution in [2.75, 3.05) is 9.91 Å². The molecule has 0 N–H and O–H groups in total. The number of dihydropyridines is 1. The zero-order valence-electron chi connectivity index (χ0n) is 22.7. The maximum absolute atomic E-state index is 5.37. The standard InChI is InChI=1S/C33H36N4/c1-32(2,3)28-23-22-27(29(34-28)33(4,5)6)31-36(25-18-12-8-13-19-25)30(24-16-10-7-11-17-24)35-37(31)26-20-14-9-15-21-26/h7-23,29H,1-6H3. The monoisotopic (exact) mass is 488 g/mol. The van der Waals surface area contributed by atoms with Crippen LogP contribution >= 0.6 is 0 Å². The van der Waals surface area contributed by atoms with Crippen molar-refractivity contribution in [2.24, 2.45) is 20.9 Å². The Labute approximate surface area is 221 Å². The number of nitrogens with zero attached hydrogens (tertiary/aromatic N) is 4. The molecular formula is C33H36N4. The number of hydrogen-bond donors (Lipinski definition) is 0. The molecule has 0 saturated carbocycles. The molecule has 3 aromatic carbocycles. The average molecular weight is 489 g/mol. The molecule has 2 heterocycles. The molecule has 0 aliphatic carbocycles. The molecule has 0 bridgehead atoms. The normalized spacial score (nSPS) is 20.2. The van der Waals surface area contributed by atoms with Crippen LogP contribution in [0.3, 0.4) is 0 Å². The van der Waals surface area contributed by atoms with Crippen molar-refractivity contribution >= 4 is 22.9 Å². The van der Waals surface area contributed by atoms with Gasteiger partial charge in [0.15, 0.2) is 5.84 Å². The molecule has 37 heavy (non-hydrogen) atoms. The lowest BCUT2D eigenvalue weighted by atomic mass is 9.78. The highest BCUT2D eigenvalue weighted by Crippen LogP contribution is 2.42. The van der Waals surface area contributed by atoms with Gasteiger partial charge in [0.05, 0.1) is 11.7 Å². The molecule has 1 unspecified atom stereocenters. The van der Waals surface area contributed by atoms with Gasteiger partial charge in [0, 0.05) is 28.0 Å². The van der Waals surface area contributed by atoms with Crippen LogP contribution in [0.1, 0.15) is 47.1 Å². The van der Waals surface area contributed by atoms with Gasteiger partial charge in [-0.1, -0.05) is 114 Å². The highest BCUT2D eigenvalue weighted by molar-refractivity contribution is 6.15. The van der Waals surface area contributed by atoms with Crippen molar-refractivity contribution < 1.29 is 0 Å². The van der Waals surface area contributed by atoms with E-state index in [2.05, 4.69) is 142 Å². The third-order valence-electron chi connectivity index (χ3n) is 6.70. The molecule has 3 aromatic rings. The van der Waals surface area contributed by atoms with Gasteiger partial charge >= 0.3 is 0 Å². The maximum atomic E-state index is 5.37. The fraction of sp³-hybridized carbons (Fsp3) is 0.273. The van der Waals surface area contributed by atoms with E-state index in [1.54, 1.807) is 0 Å². The summed E-state index contributed by atoms with van der Waals surface area (Å²) in [6.07, 6.45) is 4.46. The first kappa shape index (κ1) is 24.8. The lowest BCUT2D eigenvalue weighted by Gasteiger charge is -2.37. The van der Waals surface area contributed by atoms with Gasteiger partial charge in [0.1, 0.15) is 5.82 Å². The number of allylic oxidation sites excluding steroid dienone is 1. The second kappa shape index (κ2) is 9.51. The van der Waals surface area contributed by atoms with Gasteiger partial charge < -0.3 is 0 Å². The van der Waals surface area contributed by atoms with E-state index in [0.29, 0.717) is 0 Å². The summed E-state index contributed by atoms with van der Waals surface area (Å²) in [4.78, 5) is 7.66. The van der Waals surface area contributed by atoms with Gasteiger partial charge in [-0.3, -0.25) is 9.89 Å². The summed E-state index contributed by atoms with van der Waals surface area (Å²) in [5.74, 6) is 1.91. The van der Waals surface area contributed by atoms with Gasteiger partial charge in [0.25, 0.3) is 0 Å². The second-order valence-corrected chi connectivity index (χ2v) is 11.8. The number of anilines is 2. The van der Waals surface area contributed by atoms with Crippen molar-refractivity contribution in [3.8, 4) is 0 Å². The highest BCUT2D eigenvalue weighted by Gasteiger charge is 2.40. The Morgan fingerprint density at radius 2 is 1.19 bits per heavy atom. The minimum absolute atomic E-state index is 0.0319. The van der Waals surface area contributed by atoms with E-state index < -0.39 is 0 Å². The molecule has 4 nitrogen and oxygen atoms in total. The smallest absolute Gasteiger partial charge is 0.167 e. The van der Waals surface area contributed by atoms with Crippen LogP contribution in [0, 0.1) is 10.8 Å². The number of hydrogen-bond acceptors (Lipinski definition) is 4. The summed E-state index contributed by atoms with van der Waals surface area (Å²) >= 11 is 0. The first-order chi connectivity index (χ1) is 17.6. The van der Waals surface area contributed by atoms with Crippen LogP contribution in [0.5, 0.6) is 0 Å². The van der Waals surface area contributed by atoms with Crippen LogP contribution in [-0.2, 0) is 0 Å². The second-order valence-electron chi connectivity index (χ2n) is 11.8. The number of aliphatic imine (C=N–C) groups is 1. The van der Waals surface area contributed by atoms with Gasteiger partial charge in [-0.2, -0.15) is 0 Å². The molecule has 0 fully saturated rings. The molecular weight excluding hydrogens is 452 g/mol. The molecule has 188 valence electrons. The van der Waals surface area contributed by atoms with Gasteiger partial charge in [0.2, 0.25) is 0 Å². The predicted molar refractivity (Wildman–Crippen MR) is 157 cm³/mol. The number of rotatable bonds is 3. The van der Waals surface area contributed by atoms with Crippen molar-refractivity contribution in [1.82, 2.24) is 0 Å². The fourth-order valence-electron chi connectivity index (χ4n) is 4.79. The van der Waals surface area contributed by atoms with E-state index in [1.807, 2.05) is 12.1 Å². The first-order valence-corrected chi connectivity index (χ1v) is 13.0. The molecule has 0 spiro atoms. The third kappa shape index (κ3) is 4.89. The summed E-state index contributed by atoms with van der Waals surface area (Å²) in [6, 6.07) is 31.3. The molecule has 4 heteroatoms. The summed E-state index contributed by atoms with van der Waals surface area (Å²) in [6.45, 7) is 13.5. The van der Waals surface area contributed by atoms with Gasteiger partial charge in [-0.05, 0) is 35.8 Å². The fourth-order valence-corrected chi connectivity index (χ4v) is 4.79. The molecule has 0 aromatic heterocycles. The van der Waals surface area contributed by atoms with E-state index in [4.69, 9.17) is 10.1 Å². The predicted octanol–water partition coefficient (Wildman–Crippen LogP) is 8.06. The summed E-state index contributed by atoms with van der Waals surface area (Å²) < 4.78 is 0. The van der Waals surface area contributed by atoms with Crippen LogP contribution < -0.4 is 9.91 Å². The summed E-state index contributed by atoms with van der Waals surface area (Å²) in [7, 11) is 0. The Kier molecular flexibility index (Phi) is 6.36. The Bertz CT molecular complexity index is 1370. The molecule has 5 rings (SSSR count). The molecule has 1 atom stereocenters. The van der Waals surface area contributed by atoms with Crippen LogP contribution in [0.2, 0.25) is 0 Å². The minimum Gasteiger partial charge on any atom is -0.280 e. The topological polar surface area (TPSA) is 31.2 Å². The Morgan fingerprint density at radius 1 is 0.649 bits per heavy atom. The maximum Gasteiger partial charge on any atom is 0.167 e. The van der Waals surface area contributed by atoms with E-state index >= 15 is 0 Å². The van der Waals surface area contributed by atoms with Gasteiger partial charge in [-0.15, -0.1) is 5.10 Å². The number of para-hydroxylation sites is 2. The lowest BCUT2D eigenvalue weighted by molar-refractivity contribution is 0.354.